The zero-order valence-corrected chi connectivity index (χ0v) is 10.9. The molecule has 1 aliphatic heterocycles. The first-order chi connectivity index (χ1) is 7.73. The minimum atomic E-state index is -0.533. The molecule has 17 heavy (non-hydrogen) atoms. The number of rotatable bonds is 2. The number of amides is 2. The maximum atomic E-state index is 12.2. The third kappa shape index (κ3) is 3.43. The average Bonchev–Trinajstić information content (AvgIpc) is 2.26. The fourth-order valence-electron chi connectivity index (χ4n) is 1.98. The number of carbonyl (C=O) groups is 2. The number of hydrogen-bond acceptors (Lipinski definition) is 3. The molecule has 0 aliphatic carbocycles. The van der Waals surface area contributed by atoms with E-state index in [1.165, 1.54) is 0 Å². The molecule has 0 aromatic heterocycles. The monoisotopic (exact) mass is 241 g/mol. The summed E-state index contributed by atoms with van der Waals surface area (Å²) in [6.07, 6.45) is 1.58. The van der Waals surface area contributed by atoms with E-state index < -0.39 is 6.04 Å². The maximum absolute atomic E-state index is 12.2. The molecule has 1 saturated heterocycles. The molecule has 0 spiro atoms. The summed E-state index contributed by atoms with van der Waals surface area (Å²) < 4.78 is 0. The lowest BCUT2D eigenvalue weighted by Gasteiger charge is -2.36. The van der Waals surface area contributed by atoms with E-state index in [0.29, 0.717) is 13.1 Å². The Kier molecular flexibility index (Phi) is 4.14. The molecule has 2 unspecified atom stereocenters. The SMILES string of the molecule is CC(C)(C)C(N)C(=O)N1CCCC(C(N)=O)C1. The first kappa shape index (κ1) is 14.0. The second-order valence-corrected chi connectivity index (χ2v) is 5.87. The molecular weight excluding hydrogens is 218 g/mol. The quantitative estimate of drug-likeness (QED) is 0.717. The van der Waals surface area contributed by atoms with Crippen molar-refractivity contribution in [3.8, 4) is 0 Å². The van der Waals surface area contributed by atoms with Gasteiger partial charge in [0.1, 0.15) is 0 Å². The van der Waals surface area contributed by atoms with E-state index in [9.17, 15) is 9.59 Å². The second kappa shape index (κ2) is 5.04. The summed E-state index contributed by atoms with van der Waals surface area (Å²) in [7, 11) is 0. The van der Waals surface area contributed by atoms with Gasteiger partial charge in [-0.15, -0.1) is 0 Å². The Hall–Kier alpha value is -1.10. The second-order valence-electron chi connectivity index (χ2n) is 5.87. The smallest absolute Gasteiger partial charge is 0.240 e. The van der Waals surface area contributed by atoms with Gasteiger partial charge in [-0.1, -0.05) is 20.8 Å². The van der Waals surface area contributed by atoms with Gasteiger partial charge in [0.05, 0.1) is 12.0 Å². The Balaban J connectivity index is 2.67. The van der Waals surface area contributed by atoms with Gasteiger partial charge in [-0.2, -0.15) is 0 Å². The first-order valence-corrected chi connectivity index (χ1v) is 6.07. The molecule has 0 radical (unpaired) electrons. The lowest BCUT2D eigenvalue weighted by Crippen LogP contribution is -2.54. The predicted octanol–water partition coefficient (Wildman–Crippen LogP) is 0.0837. The van der Waals surface area contributed by atoms with Crippen LogP contribution in [0.3, 0.4) is 0 Å². The number of nitrogens with zero attached hydrogens (tertiary/aromatic N) is 1. The van der Waals surface area contributed by atoms with E-state index in [1.54, 1.807) is 4.90 Å². The molecule has 98 valence electrons. The fourth-order valence-corrected chi connectivity index (χ4v) is 1.98. The number of primary amides is 1. The summed E-state index contributed by atoms with van der Waals surface area (Å²) in [6, 6.07) is -0.533. The van der Waals surface area contributed by atoms with Gasteiger partial charge >= 0.3 is 0 Å². The van der Waals surface area contributed by atoms with E-state index >= 15 is 0 Å². The summed E-state index contributed by atoms with van der Waals surface area (Å²) in [5, 5.41) is 0. The van der Waals surface area contributed by atoms with Crippen molar-refractivity contribution in [3.05, 3.63) is 0 Å². The molecule has 4 N–H and O–H groups in total. The zero-order chi connectivity index (χ0) is 13.2. The van der Waals surface area contributed by atoms with Crippen LogP contribution in [-0.4, -0.2) is 35.8 Å². The van der Waals surface area contributed by atoms with Crippen molar-refractivity contribution in [3.63, 3.8) is 0 Å². The van der Waals surface area contributed by atoms with Crippen LogP contribution >= 0.6 is 0 Å². The lowest BCUT2D eigenvalue weighted by atomic mass is 9.85. The molecule has 0 saturated carbocycles. The van der Waals surface area contributed by atoms with Crippen LogP contribution in [0.2, 0.25) is 0 Å². The Bertz CT molecular complexity index is 309. The molecule has 5 heteroatoms. The highest BCUT2D eigenvalue weighted by molar-refractivity contribution is 5.84. The molecule has 1 heterocycles. The van der Waals surface area contributed by atoms with Crippen LogP contribution in [0.1, 0.15) is 33.6 Å². The minimum Gasteiger partial charge on any atom is -0.369 e. The van der Waals surface area contributed by atoms with Gasteiger partial charge in [0.25, 0.3) is 0 Å². The highest BCUT2D eigenvalue weighted by atomic mass is 16.2. The number of piperidine rings is 1. The van der Waals surface area contributed by atoms with Crippen molar-refractivity contribution in [2.24, 2.45) is 22.8 Å². The molecule has 2 atom stereocenters. The highest BCUT2D eigenvalue weighted by Crippen LogP contribution is 2.22. The number of hydrogen-bond donors (Lipinski definition) is 2. The summed E-state index contributed by atoms with van der Waals surface area (Å²) in [4.78, 5) is 25.0. The Morgan fingerprint density at radius 3 is 2.41 bits per heavy atom. The van der Waals surface area contributed by atoms with Crippen molar-refractivity contribution in [1.82, 2.24) is 4.90 Å². The summed E-state index contributed by atoms with van der Waals surface area (Å²) in [6.45, 7) is 6.89. The van der Waals surface area contributed by atoms with Gasteiger partial charge in [-0.25, -0.2) is 0 Å². The third-order valence-electron chi connectivity index (χ3n) is 3.33. The third-order valence-corrected chi connectivity index (χ3v) is 3.33. The summed E-state index contributed by atoms with van der Waals surface area (Å²) >= 11 is 0. The van der Waals surface area contributed by atoms with Crippen molar-refractivity contribution in [2.75, 3.05) is 13.1 Å². The van der Waals surface area contributed by atoms with Crippen LogP contribution in [0.5, 0.6) is 0 Å². The predicted molar refractivity (Wildman–Crippen MR) is 65.9 cm³/mol. The van der Waals surface area contributed by atoms with E-state index in [2.05, 4.69) is 0 Å². The topological polar surface area (TPSA) is 89.4 Å². The Morgan fingerprint density at radius 1 is 1.35 bits per heavy atom. The summed E-state index contributed by atoms with van der Waals surface area (Å²) in [5.74, 6) is -0.629. The van der Waals surface area contributed by atoms with Crippen LogP contribution in [0.4, 0.5) is 0 Å². The van der Waals surface area contributed by atoms with Gasteiger partial charge in [0.15, 0.2) is 0 Å². The number of likely N-dealkylation sites (tertiary alicyclic amines) is 1. The van der Waals surface area contributed by atoms with Gasteiger partial charge in [0, 0.05) is 13.1 Å². The molecule has 1 aliphatic rings. The molecule has 5 nitrogen and oxygen atoms in total. The summed E-state index contributed by atoms with van der Waals surface area (Å²) in [5.41, 5.74) is 11.0. The maximum Gasteiger partial charge on any atom is 0.240 e. The van der Waals surface area contributed by atoms with Gasteiger partial charge in [-0.3, -0.25) is 9.59 Å². The van der Waals surface area contributed by atoms with Crippen LogP contribution in [0.15, 0.2) is 0 Å². The van der Waals surface area contributed by atoms with E-state index in [4.69, 9.17) is 11.5 Å². The van der Waals surface area contributed by atoms with Crippen LogP contribution < -0.4 is 11.5 Å². The van der Waals surface area contributed by atoms with Gasteiger partial charge in [0.2, 0.25) is 11.8 Å². The van der Waals surface area contributed by atoms with Crippen molar-refractivity contribution in [2.45, 2.75) is 39.7 Å². The molecule has 0 aromatic rings. The molecular formula is C12H23N3O2. The van der Waals surface area contributed by atoms with E-state index in [-0.39, 0.29) is 23.1 Å². The van der Waals surface area contributed by atoms with Gasteiger partial charge in [-0.05, 0) is 18.3 Å². The normalized spacial score (nSPS) is 23.3. The lowest BCUT2D eigenvalue weighted by molar-refractivity contribution is -0.138. The molecule has 1 rings (SSSR count). The first-order valence-electron chi connectivity index (χ1n) is 6.07. The molecule has 0 aromatic carbocycles. The van der Waals surface area contributed by atoms with Crippen LogP contribution in [0, 0.1) is 11.3 Å². The zero-order valence-electron chi connectivity index (χ0n) is 10.9. The Morgan fingerprint density at radius 2 is 1.94 bits per heavy atom. The molecule has 2 amide bonds. The van der Waals surface area contributed by atoms with Crippen molar-refractivity contribution in [1.29, 1.82) is 0 Å². The Labute approximate surface area is 103 Å². The molecule has 0 bridgehead atoms. The van der Waals surface area contributed by atoms with Gasteiger partial charge < -0.3 is 16.4 Å². The van der Waals surface area contributed by atoms with E-state index in [1.807, 2.05) is 20.8 Å². The average molecular weight is 241 g/mol. The van der Waals surface area contributed by atoms with Crippen molar-refractivity contribution >= 4 is 11.8 Å². The number of nitrogens with two attached hydrogens (primary N) is 2. The standard InChI is InChI=1S/C12H23N3O2/c1-12(2,3)9(13)11(17)15-6-4-5-8(7-15)10(14)16/h8-9H,4-7,13H2,1-3H3,(H2,14,16). The van der Waals surface area contributed by atoms with Crippen molar-refractivity contribution < 1.29 is 9.59 Å². The fraction of sp³-hybridized carbons (Fsp3) is 0.833. The number of carbonyl (C=O) groups excluding carboxylic acids is 2. The largest absolute Gasteiger partial charge is 0.369 e. The highest BCUT2D eigenvalue weighted by Gasteiger charge is 2.34. The molecule has 1 fully saturated rings. The van der Waals surface area contributed by atoms with E-state index in [0.717, 1.165) is 12.8 Å². The van der Waals surface area contributed by atoms with Crippen LogP contribution in [-0.2, 0) is 9.59 Å². The minimum absolute atomic E-state index is 0.0801. The van der Waals surface area contributed by atoms with Crippen LogP contribution in [0.25, 0.3) is 0 Å².